The summed E-state index contributed by atoms with van der Waals surface area (Å²) in [6.07, 6.45) is 0. The lowest BCUT2D eigenvalue weighted by Gasteiger charge is -2.12. The van der Waals surface area contributed by atoms with E-state index in [9.17, 15) is 0 Å². The van der Waals surface area contributed by atoms with E-state index in [0.717, 1.165) is 29.2 Å². The molecule has 0 aliphatic heterocycles. The van der Waals surface area contributed by atoms with E-state index in [-0.39, 0.29) is 0 Å². The average molecular weight is 313 g/mol. The number of benzene rings is 1. The molecular formula is C15H18Cl2N2O. The predicted molar refractivity (Wildman–Crippen MR) is 82.7 cm³/mol. The molecule has 0 aliphatic carbocycles. The molecule has 0 N–H and O–H groups in total. The van der Waals surface area contributed by atoms with Gasteiger partial charge in [0.25, 0.3) is 0 Å². The minimum Gasteiger partial charge on any atom is -0.487 e. The molecule has 5 heteroatoms. The van der Waals surface area contributed by atoms with Crippen molar-refractivity contribution in [3.05, 3.63) is 45.7 Å². The Balaban J connectivity index is 2.21. The number of nitrogens with zero attached hydrogens (tertiary/aromatic N) is 2. The van der Waals surface area contributed by atoms with Crippen LogP contribution in [-0.2, 0) is 19.0 Å². The lowest BCUT2D eigenvalue weighted by atomic mass is 10.1. The second kappa shape index (κ2) is 6.51. The molecule has 1 heterocycles. The van der Waals surface area contributed by atoms with Crippen molar-refractivity contribution >= 4 is 23.2 Å². The molecule has 1 aromatic heterocycles. The van der Waals surface area contributed by atoms with E-state index in [1.165, 1.54) is 5.56 Å². The summed E-state index contributed by atoms with van der Waals surface area (Å²) in [6, 6.07) is 5.99. The molecule has 2 rings (SSSR count). The molecule has 20 heavy (non-hydrogen) atoms. The van der Waals surface area contributed by atoms with Gasteiger partial charge in [-0.1, -0.05) is 29.3 Å². The second-order valence-electron chi connectivity index (χ2n) is 4.70. The first-order valence-corrected chi connectivity index (χ1v) is 7.48. The van der Waals surface area contributed by atoms with Gasteiger partial charge in [-0.3, -0.25) is 4.68 Å². The minimum absolute atomic E-state index is 0.389. The van der Waals surface area contributed by atoms with Gasteiger partial charge >= 0.3 is 0 Å². The number of hydrogen-bond acceptors (Lipinski definition) is 2. The van der Waals surface area contributed by atoms with Crippen molar-refractivity contribution in [2.75, 3.05) is 0 Å². The highest BCUT2D eigenvalue weighted by atomic mass is 35.5. The maximum atomic E-state index is 6.27. The summed E-state index contributed by atoms with van der Waals surface area (Å²) in [6.45, 7) is 7.12. The first-order valence-electron chi connectivity index (χ1n) is 6.56. The first kappa shape index (κ1) is 15.2. The number of alkyl halides is 1. The quantitative estimate of drug-likeness (QED) is 0.760. The molecule has 0 bridgehead atoms. The monoisotopic (exact) mass is 312 g/mol. The zero-order valence-corrected chi connectivity index (χ0v) is 13.4. The van der Waals surface area contributed by atoms with Crippen LogP contribution in [0.3, 0.4) is 0 Å². The molecule has 0 spiro atoms. The molecule has 0 amide bonds. The largest absolute Gasteiger partial charge is 0.487 e. The molecule has 0 saturated carbocycles. The fourth-order valence-electron chi connectivity index (χ4n) is 2.11. The molecule has 0 fully saturated rings. The van der Waals surface area contributed by atoms with Crippen molar-refractivity contribution in [2.45, 2.75) is 39.8 Å². The van der Waals surface area contributed by atoms with Gasteiger partial charge in [-0.05, 0) is 26.8 Å². The summed E-state index contributed by atoms with van der Waals surface area (Å²) < 4.78 is 7.74. The van der Waals surface area contributed by atoms with Crippen LogP contribution in [0.25, 0.3) is 0 Å². The Kier molecular flexibility index (Phi) is 4.95. The molecule has 108 valence electrons. The third-order valence-electron chi connectivity index (χ3n) is 3.18. The fraction of sp³-hybridized carbons (Fsp3) is 0.400. The van der Waals surface area contributed by atoms with Crippen molar-refractivity contribution in [1.82, 2.24) is 9.78 Å². The van der Waals surface area contributed by atoms with Crippen LogP contribution in [0, 0.1) is 13.8 Å². The van der Waals surface area contributed by atoms with Crippen molar-refractivity contribution in [3.8, 4) is 5.75 Å². The maximum absolute atomic E-state index is 6.27. The molecule has 3 nitrogen and oxygen atoms in total. The summed E-state index contributed by atoms with van der Waals surface area (Å²) in [5.41, 5.74) is 3.88. The molecule has 0 aliphatic rings. The number of hydrogen-bond donors (Lipinski definition) is 0. The highest BCUT2D eigenvalue weighted by Crippen LogP contribution is 2.25. The van der Waals surface area contributed by atoms with Crippen LogP contribution in [0.5, 0.6) is 5.75 Å². The van der Waals surface area contributed by atoms with Gasteiger partial charge in [0.2, 0.25) is 0 Å². The zero-order valence-electron chi connectivity index (χ0n) is 11.9. The highest BCUT2D eigenvalue weighted by Gasteiger charge is 2.13. The van der Waals surface area contributed by atoms with Gasteiger partial charge in [0.15, 0.2) is 0 Å². The van der Waals surface area contributed by atoms with Crippen molar-refractivity contribution in [1.29, 1.82) is 0 Å². The molecule has 0 unspecified atom stereocenters. The Labute approximate surface area is 129 Å². The van der Waals surface area contributed by atoms with E-state index in [1.54, 1.807) is 0 Å². The number of rotatable bonds is 5. The number of ether oxygens (including phenoxy) is 1. The molecule has 2 aromatic rings. The fourth-order valence-corrected chi connectivity index (χ4v) is 2.51. The predicted octanol–water partition coefficient (Wildman–Crippen LogP) is 4.49. The molecular weight excluding hydrogens is 295 g/mol. The third-order valence-corrected chi connectivity index (χ3v) is 3.96. The summed E-state index contributed by atoms with van der Waals surface area (Å²) in [7, 11) is 0. The first-order chi connectivity index (χ1) is 9.56. The van der Waals surface area contributed by atoms with Crippen LogP contribution in [0.2, 0.25) is 5.02 Å². The maximum Gasteiger partial charge on any atom is 0.131 e. The van der Waals surface area contributed by atoms with Gasteiger partial charge in [0, 0.05) is 12.1 Å². The Bertz CT molecular complexity index is 608. The molecule has 1 aromatic carbocycles. The van der Waals surface area contributed by atoms with Crippen LogP contribution in [-0.4, -0.2) is 9.78 Å². The summed E-state index contributed by atoms with van der Waals surface area (Å²) in [4.78, 5) is 0. The zero-order chi connectivity index (χ0) is 14.7. The van der Waals surface area contributed by atoms with E-state index in [4.69, 9.17) is 27.9 Å². The van der Waals surface area contributed by atoms with Gasteiger partial charge in [-0.25, -0.2) is 0 Å². The van der Waals surface area contributed by atoms with E-state index < -0.39 is 0 Å². The minimum atomic E-state index is 0.389. The Hall–Kier alpha value is -1.19. The normalized spacial score (nSPS) is 10.8. The summed E-state index contributed by atoms with van der Waals surface area (Å²) in [5, 5.41) is 5.05. The van der Waals surface area contributed by atoms with Crippen LogP contribution in [0.4, 0.5) is 0 Å². The average Bonchev–Trinajstić information content (AvgIpc) is 2.72. The van der Waals surface area contributed by atoms with Crippen molar-refractivity contribution in [2.24, 2.45) is 0 Å². The third kappa shape index (κ3) is 3.10. The van der Waals surface area contributed by atoms with E-state index in [1.807, 2.05) is 43.7 Å². The van der Waals surface area contributed by atoms with Gasteiger partial charge in [-0.15, -0.1) is 11.6 Å². The van der Waals surface area contributed by atoms with E-state index in [0.29, 0.717) is 17.5 Å². The van der Waals surface area contributed by atoms with E-state index >= 15 is 0 Å². The lowest BCUT2D eigenvalue weighted by Crippen LogP contribution is -2.07. The SMILES string of the molecule is CCn1nc(C)c(Cl)c1COc1ccc(C)cc1CCl. The standard InChI is InChI=1S/C15H18Cl2N2O/c1-4-19-13(15(17)11(3)18-19)9-20-14-6-5-10(2)7-12(14)8-16/h5-7H,4,8-9H2,1-3H3. The van der Waals surface area contributed by atoms with Gasteiger partial charge in [0.05, 0.1) is 22.3 Å². The Morgan fingerprint density at radius 2 is 2.05 bits per heavy atom. The Morgan fingerprint density at radius 1 is 1.30 bits per heavy atom. The van der Waals surface area contributed by atoms with Crippen molar-refractivity contribution in [3.63, 3.8) is 0 Å². The van der Waals surface area contributed by atoms with E-state index in [2.05, 4.69) is 5.10 Å². The number of aromatic nitrogens is 2. The van der Waals surface area contributed by atoms with Crippen LogP contribution in [0.15, 0.2) is 18.2 Å². The van der Waals surface area contributed by atoms with Crippen molar-refractivity contribution < 1.29 is 4.74 Å². The second-order valence-corrected chi connectivity index (χ2v) is 5.34. The van der Waals surface area contributed by atoms with Crippen LogP contribution in [0.1, 0.15) is 29.4 Å². The summed E-state index contributed by atoms with van der Waals surface area (Å²) >= 11 is 12.2. The Morgan fingerprint density at radius 3 is 2.70 bits per heavy atom. The molecule has 0 atom stereocenters. The topological polar surface area (TPSA) is 27.1 Å². The summed E-state index contributed by atoms with van der Waals surface area (Å²) in [5.74, 6) is 1.22. The van der Waals surface area contributed by atoms with Crippen LogP contribution < -0.4 is 4.74 Å². The van der Waals surface area contributed by atoms with Crippen LogP contribution >= 0.6 is 23.2 Å². The lowest BCUT2D eigenvalue weighted by molar-refractivity contribution is 0.290. The highest BCUT2D eigenvalue weighted by molar-refractivity contribution is 6.31. The molecule has 0 radical (unpaired) electrons. The number of aryl methyl sites for hydroxylation is 3. The molecule has 0 saturated heterocycles. The number of halogens is 2. The van der Waals surface area contributed by atoms with Gasteiger partial charge < -0.3 is 4.74 Å². The van der Waals surface area contributed by atoms with Gasteiger partial charge in [-0.2, -0.15) is 5.10 Å². The smallest absolute Gasteiger partial charge is 0.131 e. The van der Waals surface area contributed by atoms with Gasteiger partial charge in [0.1, 0.15) is 12.4 Å².